The van der Waals surface area contributed by atoms with E-state index in [0.717, 1.165) is 0 Å². The van der Waals surface area contributed by atoms with Gasteiger partial charge in [0, 0.05) is 42.9 Å². The highest BCUT2D eigenvalue weighted by Gasteiger charge is 2.14. The highest BCUT2D eigenvalue weighted by molar-refractivity contribution is 6.06. The third kappa shape index (κ3) is 4.90. The molecule has 3 amide bonds. The van der Waals surface area contributed by atoms with Gasteiger partial charge < -0.3 is 16.0 Å². The number of nitrogens with zero attached hydrogens (tertiary/aromatic N) is 2. The molecule has 0 saturated carbocycles. The first-order valence-corrected chi connectivity index (χ1v) is 7.81. The summed E-state index contributed by atoms with van der Waals surface area (Å²) in [5.41, 5.74) is 1.13. The number of carbonyl (C=O) groups is 3. The van der Waals surface area contributed by atoms with Crippen LogP contribution in [0.4, 0.5) is 17.2 Å². The molecule has 0 spiro atoms. The van der Waals surface area contributed by atoms with E-state index in [0.29, 0.717) is 22.8 Å². The summed E-state index contributed by atoms with van der Waals surface area (Å²) in [5.74, 6) is -0.361. The van der Waals surface area contributed by atoms with Gasteiger partial charge in [0.1, 0.15) is 5.82 Å². The maximum Gasteiger partial charge on any atom is 0.256 e. The van der Waals surface area contributed by atoms with E-state index in [2.05, 4.69) is 21.0 Å². The summed E-state index contributed by atoms with van der Waals surface area (Å²) in [6, 6.07) is 6.45. The van der Waals surface area contributed by atoms with Crippen LogP contribution >= 0.6 is 0 Å². The number of aromatic nitrogens is 2. The molecule has 0 aliphatic rings. The van der Waals surface area contributed by atoms with Crippen LogP contribution < -0.4 is 16.0 Å². The molecule has 0 aliphatic carbocycles. The van der Waals surface area contributed by atoms with Crippen LogP contribution in [0.2, 0.25) is 0 Å². The maximum absolute atomic E-state index is 12.6. The summed E-state index contributed by atoms with van der Waals surface area (Å²) < 4.78 is 1.68. The van der Waals surface area contributed by atoms with E-state index in [4.69, 9.17) is 0 Å². The Bertz CT molecular complexity index is 776. The Morgan fingerprint density at radius 2 is 1.52 bits per heavy atom. The maximum atomic E-state index is 12.6. The molecule has 2 rings (SSSR count). The zero-order chi connectivity index (χ0) is 18.6. The molecule has 0 bridgehead atoms. The Balaban J connectivity index is 2.32. The highest BCUT2D eigenvalue weighted by atomic mass is 16.2. The third-order valence-corrected chi connectivity index (χ3v) is 3.24. The molecule has 3 N–H and O–H groups in total. The van der Waals surface area contributed by atoms with Crippen molar-refractivity contribution in [3.63, 3.8) is 0 Å². The summed E-state index contributed by atoms with van der Waals surface area (Å²) in [4.78, 5) is 35.2. The van der Waals surface area contributed by atoms with Crippen LogP contribution in [-0.4, -0.2) is 27.5 Å². The average Bonchev–Trinajstić information content (AvgIpc) is 2.93. The second-order valence-electron chi connectivity index (χ2n) is 5.87. The van der Waals surface area contributed by atoms with Crippen molar-refractivity contribution in [2.45, 2.75) is 33.7 Å². The van der Waals surface area contributed by atoms with Gasteiger partial charge in [-0.2, -0.15) is 5.10 Å². The van der Waals surface area contributed by atoms with Gasteiger partial charge in [0.25, 0.3) is 5.91 Å². The minimum Gasteiger partial charge on any atom is -0.326 e. The molecular formula is C17H21N5O3. The summed E-state index contributed by atoms with van der Waals surface area (Å²) in [7, 11) is 0. The van der Waals surface area contributed by atoms with Crippen LogP contribution in [0, 0.1) is 0 Å². The first-order chi connectivity index (χ1) is 11.8. The van der Waals surface area contributed by atoms with Crippen molar-refractivity contribution < 1.29 is 14.4 Å². The fourth-order valence-electron chi connectivity index (χ4n) is 2.32. The Morgan fingerprint density at radius 3 is 2.00 bits per heavy atom. The highest BCUT2D eigenvalue weighted by Crippen LogP contribution is 2.21. The van der Waals surface area contributed by atoms with E-state index >= 15 is 0 Å². The predicted octanol–water partition coefficient (Wildman–Crippen LogP) is 2.63. The first kappa shape index (κ1) is 18.2. The van der Waals surface area contributed by atoms with E-state index in [1.807, 2.05) is 13.8 Å². The molecule has 0 fully saturated rings. The lowest BCUT2D eigenvalue weighted by molar-refractivity contribution is -0.115. The molecule has 8 heteroatoms. The molecular weight excluding hydrogens is 322 g/mol. The second-order valence-corrected chi connectivity index (χ2v) is 5.87. The van der Waals surface area contributed by atoms with Crippen LogP contribution in [0.15, 0.2) is 30.5 Å². The van der Waals surface area contributed by atoms with Crippen molar-refractivity contribution >= 4 is 34.9 Å². The molecule has 2 aromatic rings. The minimum atomic E-state index is -0.374. The molecule has 8 nitrogen and oxygen atoms in total. The van der Waals surface area contributed by atoms with Crippen molar-refractivity contribution in [3.05, 3.63) is 36.0 Å². The molecule has 1 aromatic heterocycles. The number of hydrogen-bond acceptors (Lipinski definition) is 4. The van der Waals surface area contributed by atoms with E-state index < -0.39 is 0 Å². The molecule has 0 unspecified atom stereocenters. The van der Waals surface area contributed by atoms with Crippen LogP contribution in [0.3, 0.4) is 0 Å². The van der Waals surface area contributed by atoms with E-state index in [-0.39, 0.29) is 23.8 Å². The van der Waals surface area contributed by atoms with Gasteiger partial charge in [0.05, 0.1) is 6.20 Å². The number of rotatable bonds is 5. The summed E-state index contributed by atoms with van der Waals surface area (Å²) in [5, 5.41) is 12.2. The van der Waals surface area contributed by atoms with Gasteiger partial charge in [-0.1, -0.05) is 0 Å². The van der Waals surface area contributed by atoms with Crippen molar-refractivity contribution in [1.82, 2.24) is 9.78 Å². The van der Waals surface area contributed by atoms with Gasteiger partial charge in [-0.15, -0.1) is 0 Å². The smallest absolute Gasteiger partial charge is 0.256 e. The number of nitrogens with one attached hydrogen (secondary N) is 3. The zero-order valence-corrected chi connectivity index (χ0v) is 14.6. The van der Waals surface area contributed by atoms with Gasteiger partial charge in [0.2, 0.25) is 11.8 Å². The van der Waals surface area contributed by atoms with Gasteiger partial charge >= 0.3 is 0 Å². The van der Waals surface area contributed by atoms with E-state index in [1.54, 1.807) is 23.0 Å². The lowest BCUT2D eigenvalue weighted by Gasteiger charge is -2.13. The molecule has 25 heavy (non-hydrogen) atoms. The summed E-state index contributed by atoms with van der Waals surface area (Å²) in [6.45, 7) is 6.64. The number of carbonyl (C=O) groups excluding carboxylic acids is 3. The summed E-state index contributed by atoms with van der Waals surface area (Å²) >= 11 is 0. The molecule has 0 aliphatic heterocycles. The van der Waals surface area contributed by atoms with Crippen molar-refractivity contribution in [2.24, 2.45) is 0 Å². The zero-order valence-electron chi connectivity index (χ0n) is 14.6. The van der Waals surface area contributed by atoms with E-state index in [9.17, 15) is 14.4 Å². The predicted molar refractivity (Wildman–Crippen MR) is 95.6 cm³/mol. The number of amides is 3. The quantitative estimate of drug-likeness (QED) is 0.776. The van der Waals surface area contributed by atoms with Crippen LogP contribution in [0.5, 0.6) is 0 Å². The lowest BCUT2D eigenvalue weighted by atomic mass is 10.1. The molecule has 1 heterocycles. The summed E-state index contributed by atoms with van der Waals surface area (Å²) in [6.07, 6.45) is 1.60. The Morgan fingerprint density at radius 1 is 0.960 bits per heavy atom. The Kier molecular flexibility index (Phi) is 5.53. The number of benzene rings is 1. The molecule has 132 valence electrons. The van der Waals surface area contributed by atoms with Gasteiger partial charge in [-0.25, -0.2) is 4.68 Å². The average molecular weight is 343 g/mol. The van der Waals surface area contributed by atoms with Crippen molar-refractivity contribution in [1.29, 1.82) is 0 Å². The fourth-order valence-corrected chi connectivity index (χ4v) is 2.32. The normalized spacial score (nSPS) is 10.4. The molecule has 0 saturated heterocycles. The molecule has 0 atom stereocenters. The largest absolute Gasteiger partial charge is 0.326 e. The standard InChI is InChI=1S/C17H21N5O3/c1-10(2)22-16(5-6-18-22)21-17(25)13-7-14(19-11(3)23)9-15(8-13)20-12(4)24/h5-10H,1-4H3,(H,19,23)(H,20,24)(H,21,25). The Labute approximate surface area is 145 Å². The molecule has 0 radical (unpaired) electrons. The topological polar surface area (TPSA) is 105 Å². The Hall–Kier alpha value is -3.16. The number of anilines is 3. The monoisotopic (exact) mass is 343 g/mol. The number of hydrogen-bond donors (Lipinski definition) is 3. The van der Waals surface area contributed by atoms with Crippen LogP contribution in [0.1, 0.15) is 44.1 Å². The van der Waals surface area contributed by atoms with Gasteiger partial charge in [-0.3, -0.25) is 14.4 Å². The minimum absolute atomic E-state index is 0.0888. The molecule has 1 aromatic carbocycles. The van der Waals surface area contributed by atoms with Crippen molar-refractivity contribution in [3.8, 4) is 0 Å². The SMILES string of the molecule is CC(=O)Nc1cc(NC(C)=O)cc(C(=O)Nc2ccnn2C(C)C)c1. The van der Waals surface area contributed by atoms with Gasteiger partial charge in [0.15, 0.2) is 0 Å². The fraction of sp³-hybridized carbons (Fsp3) is 0.294. The third-order valence-electron chi connectivity index (χ3n) is 3.24. The van der Waals surface area contributed by atoms with Crippen molar-refractivity contribution in [2.75, 3.05) is 16.0 Å². The van der Waals surface area contributed by atoms with Crippen LogP contribution in [-0.2, 0) is 9.59 Å². The first-order valence-electron chi connectivity index (χ1n) is 7.81. The lowest BCUT2D eigenvalue weighted by Crippen LogP contribution is -2.18. The second kappa shape index (κ2) is 7.61. The van der Waals surface area contributed by atoms with Crippen LogP contribution in [0.25, 0.3) is 0 Å². The van der Waals surface area contributed by atoms with E-state index in [1.165, 1.54) is 26.0 Å². The van der Waals surface area contributed by atoms with Gasteiger partial charge in [-0.05, 0) is 32.0 Å².